The molecule has 28 heavy (non-hydrogen) atoms. The lowest BCUT2D eigenvalue weighted by atomic mass is 10.1. The van der Waals surface area contributed by atoms with E-state index in [4.69, 9.17) is 0 Å². The number of pyridine rings is 1. The minimum absolute atomic E-state index is 0.141. The molecule has 6 nitrogen and oxygen atoms in total. The van der Waals surface area contributed by atoms with Crippen LogP contribution in [-0.4, -0.2) is 52.3 Å². The molecule has 1 atom stereocenters. The highest BCUT2D eigenvalue weighted by atomic mass is 19.1. The first kappa shape index (κ1) is 18.9. The molecule has 2 aliphatic rings. The van der Waals surface area contributed by atoms with Gasteiger partial charge in [-0.15, -0.1) is 0 Å². The van der Waals surface area contributed by atoms with Crippen molar-refractivity contribution in [1.82, 2.24) is 9.47 Å². The van der Waals surface area contributed by atoms with Crippen molar-refractivity contribution in [1.29, 1.82) is 0 Å². The molecule has 1 saturated carbocycles. The number of aromatic nitrogens is 1. The molecule has 1 saturated heterocycles. The number of nitrogens with zero attached hydrogens (tertiary/aromatic N) is 3. The van der Waals surface area contributed by atoms with Crippen molar-refractivity contribution in [3.63, 3.8) is 0 Å². The second-order valence-electron chi connectivity index (χ2n) is 8.26. The summed E-state index contributed by atoms with van der Waals surface area (Å²) in [6.07, 6.45) is 3.30. The Hall–Kier alpha value is -2.41. The van der Waals surface area contributed by atoms with Crippen LogP contribution in [-0.2, 0) is 0 Å². The standard InChI is InChI=1S/C21H26FN3O3/c1-12(2)24-7-6-23(10-13(24)3)19-9-18-15(8-17(19)22)20(26)16(21(27)28)11-25(18)14-4-5-14/h8-9,11-14H,4-7,10H2,1-3H3,(H,27,28). The molecule has 1 N–H and O–H groups in total. The highest BCUT2D eigenvalue weighted by Crippen LogP contribution is 2.38. The van der Waals surface area contributed by atoms with Crippen molar-refractivity contribution in [2.45, 2.75) is 51.7 Å². The molecule has 7 heteroatoms. The van der Waals surface area contributed by atoms with E-state index in [2.05, 4.69) is 25.7 Å². The van der Waals surface area contributed by atoms with Crippen LogP contribution < -0.4 is 10.3 Å². The lowest BCUT2D eigenvalue weighted by molar-refractivity contribution is 0.0695. The van der Waals surface area contributed by atoms with Gasteiger partial charge in [0, 0.05) is 49.3 Å². The van der Waals surface area contributed by atoms with Gasteiger partial charge in [0.25, 0.3) is 0 Å². The number of fused-ring (bicyclic) bond motifs is 1. The highest BCUT2D eigenvalue weighted by Gasteiger charge is 2.30. The number of piperazine rings is 1. The molecule has 1 aliphatic heterocycles. The van der Waals surface area contributed by atoms with E-state index in [1.807, 2.05) is 9.47 Å². The second-order valence-corrected chi connectivity index (χ2v) is 8.26. The lowest BCUT2D eigenvalue weighted by Crippen LogP contribution is -2.54. The summed E-state index contributed by atoms with van der Waals surface area (Å²) in [6, 6.07) is 3.86. The number of halogens is 1. The van der Waals surface area contributed by atoms with Gasteiger partial charge in [-0.1, -0.05) is 0 Å². The second kappa shape index (κ2) is 6.88. The van der Waals surface area contributed by atoms with Crippen LogP contribution in [0, 0.1) is 5.82 Å². The van der Waals surface area contributed by atoms with Crippen molar-refractivity contribution < 1.29 is 14.3 Å². The number of aromatic carboxylic acids is 1. The van der Waals surface area contributed by atoms with E-state index in [0.29, 0.717) is 36.4 Å². The van der Waals surface area contributed by atoms with Gasteiger partial charge >= 0.3 is 5.97 Å². The van der Waals surface area contributed by atoms with Crippen LogP contribution >= 0.6 is 0 Å². The van der Waals surface area contributed by atoms with E-state index in [1.54, 1.807) is 6.07 Å². The summed E-state index contributed by atoms with van der Waals surface area (Å²) in [5.41, 5.74) is 0.182. The molecule has 1 aromatic heterocycles. The van der Waals surface area contributed by atoms with Crippen LogP contribution in [0.25, 0.3) is 10.9 Å². The Labute approximate surface area is 163 Å². The zero-order valence-corrected chi connectivity index (χ0v) is 16.5. The average Bonchev–Trinajstić information content (AvgIpc) is 3.46. The van der Waals surface area contributed by atoms with Gasteiger partial charge < -0.3 is 14.6 Å². The van der Waals surface area contributed by atoms with Crippen molar-refractivity contribution >= 4 is 22.6 Å². The number of benzene rings is 1. The largest absolute Gasteiger partial charge is 0.477 e. The Morgan fingerprint density at radius 2 is 1.96 bits per heavy atom. The first-order valence-electron chi connectivity index (χ1n) is 9.90. The SMILES string of the molecule is CC(C)N1CCN(c2cc3c(cc2F)c(=O)c(C(=O)O)cn3C2CC2)CC1C. The Balaban J connectivity index is 1.80. The number of rotatable bonds is 4. The molecular weight excluding hydrogens is 361 g/mol. The topological polar surface area (TPSA) is 65.8 Å². The highest BCUT2D eigenvalue weighted by molar-refractivity contribution is 5.93. The summed E-state index contributed by atoms with van der Waals surface area (Å²) in [5, 5.41) is 9.50. The van der Waals surface area contributed by atoms with Crippen LogP contribution in [0.1, 0.15) is 50.0 Å². The zero-order chi connectivity index (χ0) is 20.2. The summed E-state index contributed by atoms with van der Waals surface area (Å²) in [5.74, 6) is -1.75. The first-order valence-corrected chi connectivity index (χ1v) is 9.90. The molecule has 1 aromatic carbocycles. The summed E-state index contributed by atoms with van der Waals surface area (Å²) in [6.45, 7) is 8.75. The van der Waals surface area contributed by atoms with Crippen molar-refractivity contribution in [3.05, 3.63) is 39.9 Å². The first-order chi connectivity index (χ1) is 13.3. The third kappa shape index (κ3) is 3.17. The molecule has 0 amide bonds. The maximum atomic E-state index is 15.0. The van der Waals surface area contributed by atoms with Crippen LogP contribution in [0.5, 0.6) is 0 Å². The molecular formula is C21H26FN3O3. The maximum absolute atomic E-state index is 15.0. The van der Waals surface area contributed by atoms with E-state index in [-0.39, 0.29) is 17.0 Å². The van der Waals surface area contributed by atoms with Gasteiger partial charge in [0.05, 0.1) is 11.2 Å². The molecule has 1 aliphatic carbocycles. The van der Waals surface area contributed by atoms with E-state index < -0.39 is 17.2 Å². The molecule has 1 unspecified atom stereocenters. The van der Waals surface area contributed by atoms with Crippen LogP contribution in [0.2, 0.25) is 0 Å². The van der Waals surface area contributed by atoms with Crippen LogP contribution in [0.4, 0.5) is 10.1 Å². The van der Waals surface area contributed by atoms with Crippen LogP contribution in [0.15, 0.2) is 23.1 Å². The number of hydrogen-bond acceptors (Lipinski definition) is 4. The number of carboxylic acids is 1. The minimum atomic E-state index is -1.27. The summed E-state index contributed by atoms with van der Waals surface area (Å²) in [4.78, 5) is 28.5. The molecule has 2 heterocycles. The number of carbonyl (C=O) groups is 1. The Morgan fingerprint density at radius 1 is 1.25 bits per heavy atom. The van der Waals surface area contributed by atoms with Gasteiger partial charge in [-0.05, 0) is 45.7 Å². The van der Waals surface area contributed by atoms with Gasteiger partial charge in [-0.2, -0.15) is 0 Å². The zero-order valence-electron chi connectivity index (χ0n) is 16.5. The normalized spacial score (nSPS) is 20.9. The molecule has 2 fully saturated rings. The summed E-state index contributed by atoms with van der Waals surface area (Å²) in [7, 11) is 0. The van der Waals surface area contributed by atoms with E-state index in [1.165, 1.54) is 12.3 Å². The van der Waals surface area contributed by atoms with E-state index in [9.17, 15) is 19.1 Å². The van der Waals surface area contributed by atoms with Gasteiger partial charge in [-0.25, -0.2) is 9.18 Å². The summed E-state index contributed by atoms with van der Waals surface area (Å²) < 4.78 is 16.8. The van der Waals surface area contributed by atoms with Gasteiger partial charge in [-0.3, -0.25) is 9.69 Å². The van der Waals surface area contributed by atoms with E-state index in [0.717, 1.165) is 19.4 Å². The smallest absolute Gasteiger partial charge is 0.341 e. The van der Waals surface area contributed by atoms with Gasteiger partial charge in [0.15, 0.2) is 0 Å². The number of hydrogen-bond donors (Lipinski definition) is 1. The number of carboxylic acid groups (broad SMARTS) is 1. The Bertz CT molecular complexity index is 997. The Morgan fingerprint density at radius 3 is 2.54 bits per heavy atom. The van der Waals surface area contributed by atoms with E-state index >= 15 is 0 Å². The minimum Gasteiger partial charge on any atom is -0.477 e. The quantitative estimate of drug-likeness (QED) is 0.873. The lowest BCUT2D eigenvalue weighted by Gasteiger charge is -2.43. The van der Waals surface area contributed by atoms with Crippen molar-refractivity contribution in [3.8, 4) is 0 Å². The fourth-order valence-electron chi connectivity index (χ4n) is 4.37. The third-order valence-electron chi connectivity index (χ3n) is 5.95. The number of anilines is 1. The monoisotopic (exact) mass is 387 g/mol. The van der Waals surface area contributed by atoms with Crippen molar-refractivity contribution in [2.24, 2.45) is 0 Å². The summed E-state index contributed by atoms with van der Waals surface area (Å²) >= 11 is 0. The molecule has 2 aromatic rings. The Kier molecular flexibility index (Phi) is 4.65. The molecule has 4 rings (SSSR count). The molecule has 150 valence electrons. The van der Waals surface area contributed by atoms with Gasteiger partial charge in [0.1, 0.15) is 11.4 Å². The fraction of sp³-hybridized carbons (Fsp3) is 0.524. The predicted molar refractivity (Wildman–Crippen MR) is 107 cm³/mol. The maximum Gasteiger partial charge on any atom is 0.341 e. The average molecular weight is 387 g/mol. The molecule has 0 bridgehead atoms. The molecule has 0 radical (unpaired) electrons. The van der Waals surface area contributed by atoms with Crippen LogP contribution in [0.3, 0.4) is 0 Å². The van der Waals surface area contributed by atoms with Gasteiger partial charge in [0.2, 0.25) is 5.43 Å². The predicted octanol–water partition coefficient (Wildman–Crippen LogP) is 3.09. The van der Waals surface area contributed by atoms with Crippen molar-refractivity contribution in [2.75, 3.05) is 24.5 Å². The fourth-order valence-corrected chi connectivity index (χ4v) is 4.37. The molecule has 0 spiro atoms. The third-order valence-corrected chi connectivity index (χ3v) is 5.95.